The van der Waals surface area contributed by atoms with Crippen LogP contribution in [-0.4, -0.2) is 23.6 Å². The van der Waals surface area contributed by atoms with Crippen LogP contribution in [0.5, 0.6) is 5.75 Å². The molecule has 0 spiro atoms. The summed E-state index contributed by atoms with van der Waals surface area (Å²) in [5.41, 5.74) is 4.49. The van der Waals surface area contributed by atoms with Gasteiger partial charge in [-0.1, -0.05) is 31.5 Å². The number of nitrogens with zero attached hydrogens (tertiary/aromatic N) is 1. The van der Waals surface area contributed by atoms with Crippen LogP contribution in [0.25, 0.3) is 0 Å². The number of benzene rings is 1. The van der Waals surface area contributed by atoms with E-state index in [1.54, 1.807) is 6.20 Å². The number of hydrogen-bond acceptors (Lipinski definition) is 4. The van der Waals surface area contributed by atoms with E-state index in [1.807, 2.05) is 29.4 Å². The summed E-state index contributed by atoms with van der Waals surface area (Å²) in [4.78, 5) is 11.9. The molecular weight excluding hydrogens is 266 g/mol. The minimum atomic E-state index is -0.149. The monoisotopic (exact) mass is 287 g/mol. The number of unbranched alkanes of at least 4 members (excludes halogenated alkanes) is 1. The summed E-state index contributed by atoms with van der Waals surface area (Å²) in [7, 11) is 0. The van der Waals surface area contributed by atoms with E-state index in [4.69, 9.17) is 4.74 Å². The van der Waals surface area contributed by atoms with Gasteiger partial charge in [-0.3, -0.25) is 4.79 Å². The van der Waals surface area contributed by atoms with Gasteiger partial charge >= 0.3 is 0 Å². The van der Waals surface area contributed by atoms with Crippen LogP contribution in [0.2, 0.25) is 0 Å². The van der Waals surface area contributed by atoms with Crippen molar-refractivity contribution in [1.82, 2.24) is 15.8 Å². The zero-order valence-electron chi connectivity index (χ0n) is 12.2. The van der Waals surface area contributed by atoms with Gasteiger partial charge in [-0.05, 0) is 18.9 Å². The Morgan fingerprint density at radius 3 is 3.05 bits per heavy atom. The average molecular weight is 287 g/mol. The Hall–Kier alpha value is -2.01. The lowest BCUT2D eigenvalue weighted by molar-refractivity contribution is -0.124. The number of nitrogens with one attached hydrogen (secondary N) is 2. The van der Waals surface area contributed by atoms with Crippen molar-refractivity contribution in [2.45, 2.75) is 38.3 Å². The van der Waals surface area contributed by atoms with Crippen LogP contribution in [0.15, 0.2) is 36.7 Å². The average Bonchev–Trinajstić information content (AvgIpc) is 2.93. The fourth-order valence-electron chi connectivity index (χ4n) is 2.76. The maximum atomic E-state index is 11.9. The van der Waals surface area contributed by atoms with Crippen LogP contribution in [0, 0.1) is 0 Å². The van der Waals surface area contributed by atoms with E-state index in [0.717, 1.165) is 37.2 Å². The lowest BCUT2D eigenvalue weighted by Crippen LogP contribution is -2.45. The van der Waals surface area contributed by atoms with E-state index in [9.17, 15) is 4.79 Å². The molecule has 1 saturated heterocycles. The smallest absolute Gasteiger partial charge is 0.248 e. The standard InChI is InChI=1S/C16H21N3O2/c1-2-3-10-21-15-7-5-4-6-12(15)13-11-14-16(20)17-8-9-19(14)18-13/h4-9,13-14,18H,2-3,10-11H2,1H3,(H,17,20). The van der Waals surface area contributed by atoms with E-state index < -0.39 is 0 Å². The third-order valence-electron chi connectivity index (χ3n) is 3.91. The molecule has 1 aromatic rings. The zero-order valence-corrected chi connectivity index (χ0v) is 12.2. The molecule has 5 nitrogen and oxygen atoms in total. The summed E-state index contributed by atoms with van der Waals surface area (Å²) < 4.78 is 5.89. The minimum Gasteiger partial charge on any atom is -0.493 e. The quantitative estimate of drug-likeness (QED) is 0.814. The highest BCUT2D eigenvalue weighted by Crippen LogP contribution is 2.34. The molecule has 1 amide bonds. The molecule has 2 atom stereocenters. The summed E-state index contributed by atoms with van der Waals surface area (Å²) in [6.07, 6.45) is 6.44. The van der Waals surface area contributed by atoms with Gasteiger partial charge in [-0.2, -0.15) is 0 Å². The van der Waals surface area contributed by atoms with E-state index in [2.05, 4.69) is 23.7 Å². The summed E-state index contributed by atoms with van der Waals surface area (Å²) >= 11 is 0. The SMILES string of the molecule is CCCCOc1ccccc1C1CC2C(=O)NC=CN2N1. The second-order valence-electron chi connectivity index (χ2n) is 5.40. The third-order valence-corrected chi connectivity index (χ3v) is 3.91. The molecule has 0 radical (unpaired) electrons. The van der Waals surface area contributed by atoms with Crippen LogP contribution >= 0.6 is 0 Å². The number of carbonyl (C=O) groups is 1. The molecule has 2 heterocycles. The Morgan fingerprint density at radius 1 is 1.38 bits per heavy atom. The second kappa shape index (κ2) is 6.18. The molecule has 2 N–H and O–H groups in total. The molecule has 3 rings (SSSR count). The largest absolute Gasteiger partial charge is 0.493 e. The summed E-state index contributed by atoms with van der Waals surface area (Å²) in [5, 5.41) is 4.63. The van der Waals surface area contributed by atoms with Gasteiger partial charge in [0, 0.05) is 18.0 Å². The van der Waals surface area contributed by atoms with E-state index >= 15 is 0 Å². The van der Waals surface area contributed by atoms with Gasteiger partial charge < -0.3 is 15.1 Å². The van der Waals surface area contributed by atoms with Crippen LogP contribution in [-0.2, 0) is 4.79 Å². The lowest BCUT2D eigenvalue weighted by atomic mass is 10.0. The molecule has 21 heavy (non-hydrogen) atoms. The van der Waals surface area contributed by atoms with Crippen molar-refractivity contribution in [1.29, 1.82) is 0 Å². The van der Waals surface area contributed by atoms with Crippen molar-refractivity contribution >= 4 is 5.91 Å². The minimum absolute atomic E-state index is 0.0388. The highest BCUT2D eigenvalue weighted by atomic mass is 16.5. The summed E-state index contributed by atoms with van der Waals surface area (Å²) in [6.45, 7) is 2.88. The fourth-order valence-corrected chi connectivity index (χ4v) is 2.76. The normalized spacial score (nSPS) is 23.9. The third kappa shape index (κ3) is 2.88. The molecule has 0 aromatic heterocycles. The Kier molecular flexibility index (Phi) is 4.10. The van der Waals surface area contributed by atoms with Gasteiger partial charge in [0.2, 0.25) is 5.91 Å². The van der Waals surface area contributed by atoms with Crippen LogP contribution in [0.3, 0.4) is 0 Å². The molecule has 0 saturated carbocycles. The molecule has 2 unspecified atom stereocenters. The predicted molar refractivity (Wildman–Crippen MR) is 80.2 cm³/mol. The number of carbonyl (C=O) groups excluding carboxylic acids is 1. The van der Waals surface area contributed by atoms with Crippen molar-refractivity contribution in [3.63, 3.8) is 0 Å². The number of fused-ring (bicyclic) bond motifs is 1. The van der Waals surface area contributed by atoms with Gasteiger partial charge in [-0.15, -0.1) is 0 Å². The Labute approximate surface area is 124 Å². The van der Waals surface area contributed by atoms with Gasteiger partial charge in [0.1, 0.15) is 11.8 Å². The molecule has 1 aromatic carbocycles. The number of hydrazine groups is 1. The first-order valence-corrected chi connectivity index (χ1v) is 7.53. The van der Waals surface area contributed by atoms with Crippen LogP contribution < -0.4 is 15.5 Å². The molecule has 2 aliphatic heterocycles. The molecular formula is C16H21N3O2. The van der Waals surface area contributed by atoms with Crippen molar-refractivity contribution in [2.75, 3.05) is 6.61 Å². The predicted octanol–water partition coefficient (Wildman–Crippen LogP) is 2.09. The first-order valence-electron chi connectivity index (χ1n) is 7.53. The van der Waals surface area contributed by atoms with Crippen molar-refractivity contribution in [2.24, 2.45) is 0 Å². The number of hydrogen-bond donors (Lipinski definition) is 2. The van der Waals surface area contributed by atoms with E-state index in [-0.39, 0.29) is 18.0 Å². The highest BCUT2D eigenvalue weighted by molar-refractivity contribution is 5.84. The van der Waals surface area contributed by atoms with Crippen LogP contribution in [0.1, 0.15) is 37.8 Å². The van der Waals surface area contributed by atoms with E-state index in [0.29, 0.717) is 0 Å². The maximum Gasteiger partial charge on any atom is 0.248 e. The van der Waals surface area contributed by atoms with Crippen LogP contribution in [0.4, 0.5) is 0 Å². The number of amides is 1. The number of rotatable bonds is 5. The summed E-state index contributed by atoms with van der Waals surface area (Å²) in [6, 6.07) is 8.01. The second-order valence-corrected chi connectivity index (χ2v) is 5.40. The fraction of sp³-hybridized carbons (Fsp3) is 0.438. The highest BCUT2D eigenvalue weighted by Gasteiger charge is 2.37. The number of ether oxygens (including phenoxy) is 1. The Morgan fingerprint density at radius 2 is 2.24 bits per heavy atom. The molecule has 112 valence electrons. The lowest BCUT2D eigenvalue weighted by Gasteiger charge is -2.24. The Bertz CT molecular complexity index is 544. The molecule has 1 fully saturated rings. The van der Waals surface area contributed by atoms with Crippen molar-refractivity contribution in [3.05, 3.63) is 42.2 Å². The van der Waals surface area contributed by atoms with E-state index in [1.165, 1.54) is 0 Å². The molecule has 5 heteroatoms. The topological polar surface area (TPSA) is 53.6 Å². The molecule has 0 bridgehead atoms. The van der Waals surface area contributed by atoms with Gasteiger partial charge in [0.25, 0.3) is 0 Å². The number of para-hydroxylation sites is 1. The van der Waals surface area contributed by atoms with Crippen molar-refractivity contribution in [3.8, 4) is 5.75 Å². The Balaban J connectivity index is 1.75. The van der Waals surface area contributed by atoms with Crippen molar-refractivity contribution < 1.29 is 9.53 Å². The molecule has 2 aliphatic rings. The van der Waals surface area contributed by atoms with Gasteiger partial charge in [0.15, 0.2) is 0 Å². The molecule has 0 aliphatic carbocycles. The van der Waals surface area contributed by atoms with Gasteiger partial charge in [-0.25, -0.2) is 5.43 Å². The summed E-state index contributed by atoms with van der Waals surface area (Å²) in [5.74, 6) is 0.949. The van der Waals surface area contributed by atoms with Gasteiger partial charge in [0.05, 0.1) is 12.6 Å². The first-order chi connectivity index (χ1) is 10.3. The first kappa shape index (κ1) is 13.9. The maximum absolute atomic E-state index is 11.9. The zero-order chi connectivity index (χ0) is 14.7.